The molecule has 1 aliphatic rings. The molecule has 0 saturated heterocycles. The molecule has 0 fully saturated rings. The van der Waals surface area contributed by atoms with E-state index in [1.165, 1.54) is 4.90 Å². The Morgan fingerprint density at radius 3 is 2.28 bits per heavy atom. The summed E-state index contributed by atoms with van der Waals surface area (Å²) in [5.74, 6) is -0.748. The number of rotatable bonds is 4. The van der Waals surface area contributed by atoms with Gasteiger partial charge in [0.05, 0.1) is 11.3 Å². The largest absolute Gasteiger partial charge is 0.350 e. The maximum atomic E-state index is 13.4. The number of hydrogen-bond donors (Lipinski definition) is 1. The summed E-state index contributed by atoms with van der Waals surface area (Å²) in [5.41, 5.74) is 4.40. The molecule has 0 spiro atoms. The number of carbonyl (C=O) groups excluding carboxylic acids is 2. The fourth-order valence-electron chi connectivity index (χ4n) is 3.47. The van der Waals surface area contributed by atoms with Crippen LogP contribution in [0.5, 0.6) is 0 Å². The Morgan fingerprint density at radius 2 is 1.59 bits per heavy atom. The maximum Gasteiger partial charge on any atom is 0.282 e. The first-order chi connectivity index (χ1) is 14.0. The molecule has 0 aliphatic carbocycles. The van der Waals surface area contributed by atoms with Gasteiger partial charge in [0.15, 0.2) is 0 Å². The summed E-state index contributed by atoms with van der Waals surface area (Å²) < 4.78 is 0. The maximum absolute atomic E-state index is 13.4. The second kappa shape index (κ2) is 7.57. The highest BCUT2D eigenvalue weighted by atomic mass is 35.5. The van der Waals surface area contributed by atoms with Crippen LogP contribution < -0.4 is 10.2 Å². The Bertz CT molecular complexity index is 1150. The monoisotopic (exact) mass is 402 g/mol. The first-order valence-corrected chi connectivity index (χ1v) is 9.62. The van der Waals surface area contributed by atoms with Crippen molar-refractivity contribution in [2.24, 2.45) is 0 Å². The molecule has 3 aromatic rings. The number of aryl methyl sites for hydroxylation is 2. The van der Waals surface area contributed by atoms with Gasteiger partial charge in [0.2, 0.25) is 0 Å². The van der Waals surface area contributed by atoms with E-state index >= 15 is 0 Å². The fraction of sp³-hybridized carbons (Fsp3) is 0.0833. The van der Waals surface area contributed by atoms with E-state index < -0.39 is 0 Å². The predicted molar refractivity (Wildman–Crippen MR) is 117 cm³/mol. The second-order valence-corrected chi connectivity index (χ2v) is 7.42. The van der Waals surface area contributed by atoms with Gasteiger partial charge in [0, 0.05) is 10.7 Å². The molecule has 3 aromatic carbocycles. The van der Waals surface area contributed by atoms with Crippen molar-refractivity contribution in [1.82, 2.24) is 0 Å². The molecule has 4 rings (SSSR count). The lowest BCUT2D eigenvalue weighted by Gasteiger charge is -2.18. The molecule has 5 heteroatoms. The van der Waals surface area contributed by atoms with Crippen LogP contribution >= 0.6 is 11.6 Å². The molecule has 29 heavy (non-hydrogen) atoms. The second-order valence-electron chi connectivity index (χ2n) is 6.99. The van der Waals surface area contributed by atoms with E-state index in [9.17, 15) is 9.59 Å². The van der Waals surface area contributed by atoms with Crippen molar-refractivity contribution in [3.63, 3.8) is 0 Å². The Morgan fingerprint density at radius 1 is 0.828 bits per heavy atom. The van der Waals surface area contributed by atoms with E-state index in [1.807, 2.05) is 68.4 Å². The Kier molecular flexibility index (Phi) is 4.95. The smallest absolute Gasteiger partial charge is 0.282 e. The first-order valence-electron chi connectivity index (χ1n) is 9.24. The summed E-state index contributed by atoms with van der Waals surface area (Å²) in [6, 6.07) is 22.0. The molecule has 2 amide bonds. The van der Waals surface area contributed by atoms with Gasteiger partial charge in [-0.1, -0.05) is 54.1 Å². The Labute approximate surface area is 174 Å². The fourth-order valence-corrected chi connectivity index (χ4v) is 3.70. The van der Waals surface area contributed by atoms with Crippen LogP contribution in [0.25, 0.3) is 5.57 Å². The summed E-state index contributed by atoms with van der Waals surface area (Å²) >= 11 is 6.06. The summed E-state index contributed by atoms with van der Waals surface area (Å²) in [6.45, 7) is 3.80. The minimum Gasteiger partial charge on any atom is -0.350 e. The third kappa shape index (κ3) is 3.55. The molecule has 144 valence electrons. The summed E-state index contributed by atoms with van der Waals surface area (Å²) in [5, 5.41) is 3.74. The number of hydrogen-bond acceptors (Lipinski definition) is 3. The number of benzene rings is 3. The van der Waals surface area contributed by atoms with Gasteiger partial charge in [-0.25, -0.2) is 4.90 Å². The molecule has 0 radical (unpaired) electrons. The molecule has 1 aliphatic heterocycles. The predicted octanol–water partition coefficient (Wildman–Crippen LogP) is 5.35. The zero-order chi connectivity index (χ0) is 20.5. The summed E-state index contributed by atoms with van der Waals surface area (Å²) in [7, 11) is 0. The minimum absolute atomic E-state index is 0.265. The number of amides is 2. The number of halogens is 1. The zero-order valence-electron chi connectivity index (χ0n) is 16.1. The van der Waals surface area contributed by atoms with Crippen LogP contribution in [0, 0.1) is 13.8 Å². The van der Waals surface area contributed by atoms with E-state index in [4.69, 9.17) is 11.6 Å². The third-order valence-electron chi connectivity index (χ3n) is 4.83. The molecule has 0 saturated carbocycles. The van der Waals surface area contributed by atoms with E-state index in [0.29, 0.717) is 21.8 Å². The summed E-state index contributed by atoms with van der Waals surface area (Å²) in [4.78, 5) is 28.0. The lowest BCUT2D eigenvalue weighted by Crippen LogP contribution is -2.33. The summed E-state index contributed by atoms with van der Waals surface area (Å²) in [6.07, 6.45) is 0. The van der Waals surface area contributed by atoms with Crippen molar-refractivity contribution in [2.45, 2.75) is 13.8 Å². The highest BCUT2D eigenvalue weighted by Crippen LogP contribution is 2.35. The van der Waals surface area contributed by atoms with E-state index in [-0.39, 0.29) is 17.5 Å². The third-order valence-corrected chi connectivity index (χ3v) is 5.07. The number of nitrogens with zero attached hydrogens (tertiary/aromatic N) is 1. The molecule has 0 aromatic heterocycles. The number of nitrogens with one attached hydrogen (secondary N) is 1. The van der Waals surface area contributed by atoms with Crippen LogP contribution in [-0.4, -0.2) is 11.8 Å². The van der Waals surface area contributed by atoms with Crippen LogP contribution in [0.1, 0.15) is 16.7 Å². The van der Waals surface area contributed by atoms with Crippen LogP contribution in [-0.2, 0) is 9.59 Å². The molecule has 1 heterocycles. The van der Waals surface area contributed by atoms with Crippen LogP contribution in [0.2, 0.25) is 5.02 Å². The number of imide groups is 1. The number of carbonyl (C=O) groups is 2. The van der Waals surface area contributed by atoms with Crippen molar-refractivity contribution in [3.05, 3.63) is 100 Å². The van der Waals surface area contributed by atoms with E-state index in [2.05, 4.69) is 5.32 Å². The van der Waals surface area contributed by atoms with Crippen LogP contribution in [0.3, 0.4) is 0 Å². The zero-order valence-corrected chi connectivity index (χ0v) is 16.8. The van der Waals surface area contributed by atoms with Crippen molar-refractivity contribution in [3.8, 4) is 0 Å². The highest BCUT2D eigenvalue weighted by molar-refractivity contribution is 6.46. The normalized spacial score (nSPS) is 14.0. The SMILES string of the molecule is Cc1cccc(NC2=C(c3ccccc3)C(=O)N(c3ccc(Cl)cc3C)C2=O)c1. The highest BCUT2D eigenvalue weighted by Gasteiger charge is 2.40. The van der Waals surface area contributed by atoms with Crippen molar-refractivity contribution < 1.29 is 9.59 Å². The van der Waals surface area contributed by atoms with Gasteiger partial charge in [0.1, 0.15) is 5.70 Å². The topological polar surface area (TPSA) is 49.4 Å². The van der Waals surface area contributed by atoms with Crippen LogP contribution in [0.15, 0.2) is 78.5 Å². The minimum atomic E-state index is -0.388. The van der Waals surface area contributed by atoms with Gasteiger partial charge in [-0.15, -0.1) is 0 Å². The van der Waals surface area contributed by atoms with Gasteiger partial charge in [-0.3, -0.25) is 9.59 Å². The molecular weight excluding hydrogens is 384 g/mol. The van der Waals surface area contributed by atoms with Gasteiger partial charge in [-0.2, -0.15) is 0 Å². The first kappa shape index (κ1) is 19.0. The van der Waals surface area contributed by atoms with Crippen molar-refractivity contribution in [1.29, 1.82) is 0 Å². The Hall–Kier alpha value is -3.37. The average molecular weight is 403 g/mol. The average Bonchev–Trinajstić information content (AvgIpc) is 2.93. The van der Waals surface area contributed by atoms with E-state index in [0.717, 1.165) is 16.8 Å². The molecule has 4 nitrogen and oxygen atoms in total. The van der Waals surface area contributed by atoms with Gasteiger partial charge in [-0.05, 0) is 60.9 Å². The van der Waals surface area contributed by atoms with Crippen LogP contribution in [0.4, 0.5) is 11.4 Å². The van der Waals surface area contributed by atoms with Crippen molar-refractivity contribution >= 4 is 40.4 Å². The van der Waals surface area contributed by atoms with Gasteiger partial charge < -0.3 is 5.32 Å². The Balaban J connectivity index is 1.84. The van der Waals surface area contributed by atoms with E-state index in [1.54, 1.807) is 18.2 Å². The quantitative estimate of drug-likeness (QED) is 0.598. The molecule has 1 N–H and O–H groups in total. The molecule has 0 atom stereocenters. The molecule has 0 bridgehead atoms. The van der Waals surface area contributed by atoms with Crippen molar-refractivity contribution in [2.75, 3.05) is 10.2 Å². The standard InChI is InChI=1S/C24H19ClN2O2/c1-15-7-6-10-19(13-15)26-22-21(17-8-4-3-5-9-17)23(28)27(24(22)29)20-12-11-18(25)14-16(20)2/h3-14,26H,1-2H3. The lowest BCUT2D eigenvalue weighted by molar-refractivity contribution is -0.120. The number of anilines is 2. The molecule has 0 unspecified atom stereocenters. The van der Waals surface area contributed by atoms with Gasteiger partial charge in [0.25, 0.3) is 11.8 Å². The molecular formula is C24H19ClN2O2. The lowest BCUT2D eigenvalue weighted by atomic mass is 10.0. The van der Waals surface area contributed by atoms with Gasteiger partial charge >= 0.3 is 0 Å².